The Kier molecular flexibility index (Phi) is 9.59. The number of nitrogens with one attached hydrogen (secondary N) is 1. The molecule has 2 heterocycles. The van der Waals surface area contributed by atoms with E-state index in [0.717, 1.165) is 59.9 Å². The molecule has 0 spiro atoms. The summed E-state index contributed by atoms with van der Waals surface area (Å²) in [6, 6.07) is 8.28. The van der Waals surface area contributed by atoms with E-state index in [0.29, 0.717) is 5.75 Å². The molecule has 0 aliphatic carbocycles. The zero-order chi connectivity index (χ0) is 22.2. The number of hydrogen-bond acceptors (Lipinski definition) is 7. The molecule has 168 valence electrons. The van der Waals surface area contributed by atoms with Gasteiger partial charge in [0.15, 0.2) is 0 Å². The molecule has 8 heteroatoms. The molecule has 1 aliphatic rings. The minimum Gasteiger partial charge on any atom is -0.379 e. The van der Waals surface area contributed by atoms with Gasteiger partial charge in [0.05, 0.1) is 24.7 Å². The van der Waals surface area contributed by atoms with Gasteiger partial charge in [-0.2, -0.15) is 0 Å². The first-order chi connectivity index (χ1) is 15.0. The Bertz CT molecular complexity index is 882. The standard InChI is InChI=1S/C23H31N3O2S3/c1-16-6-5-7-17(2)22(16)31-15-20(27)25-21-19(29-4)14-18(3)24-23(21)30-13-10-26-8-11-28-12-9-26/h5-7,14H,8-13,15H2,1-4H3,(H,25,27). The first-order valence-corrected chi connectivity index (χ1v) is 13.6. The van der Waals surface area contributed by atoms with Crippen LogP contribution in [0, 0.1) is 20.8 Å². The van der Waals surface area contributed by atoms with Crippen molar-refractivity contribution in [3.8, 4) is 0 Å². The van der Waals surface area contributed by atoms with Gasteiger partial charge < -0.3 is 10.1 Å². The van der Waals surface area contributed by atoms with Gasteiger partial charge in [-0.3, -0.25) is 9.69 Å². The molecule has 1 aromatic heterocycles. The summed E-state index contributed by atoms with van der Waals surface area (Å²) in [4.78, 5) is 22.2. The van der Waals surface area contributed by atoms with Gasteiger partial charge in [0.25, 0.3) is 0 Å². The third-order valence-electron chi connectivity index (χ3n) is 5.07. The Hall–Kier alpha value is -1.19. The highest BCUT2D eigenvalue weighted by atomic mass is 32.2. The van der Waals surface area contributed by atoms with Crippen molar-refractivity contribution >= 4 is 46.9 Å². The van der Waals surface area contributed by atoms with E-state index in [-0.39, 0.29) is 5.91 Å². The first kappa shape index (κ1) is 24.5. The monoisotopic (exact) mass is 477 g/mol. The fraction of sp³-hybridized carbons (Fsp3) is 0.478. The van der Waals surface area contributed by atoms with Crippen LogP contribution in [0.15, 0.2) is 39.1 Å². The number of morpholine rings is 1. The number of carbonyl (C=O) groups is 1. The average Bonchev–Trinajstić information content (AvgIpc) is 2.75. The molecule has 0 saturated carbocycles. The van der Waals surface area contributed by atoms with E-state index in [9.17, 15) is 4.79 Å². The van der Waals surface area contributed by atoms with Crippen LogP contribution in [0.25, 0.3) is 0 Å². The number of hydrogen-bond donors (Lipinski definition) is 1. The van der Waals surface area contributed by atoms with Crippen molar-refractivity contribution in [2.45, 2.75) is 35.6 Å². The van der Waals surface area contributed by atoms with Crippen LogP contribution in [0.2, 0.25) is 0 Å². The SMILES string of the molecule is CSc1cc(C)nc(SCCN2CCOCC2)c1NC(=O)CSc1c(C)cccc1C. The summed E-state index contributed by atoms with van der Waals surface area (Å²) in [5, 5.41) is 4.06. The predicted molar refractivity (Wildman–Crippen MR) is 134 cm³/mol. The molecular formula is C23H31N3O2S3. The van der Waals surface area contributed by atoms with Gasteiger partial charge in [-0.1, -0.05) is 18.2 Å². The number of ether oxygens (including phenoxy) is 1. The molecule has 3 rings (SSSR count). The second-order valence-corrected chi connectivity index (χ2v) is 10.4. The highest BCUT2D eigenvalue weighted by Gasteiger charge is 2.17. The van der Waals surface area contributed by atoms with Crippen LogP contribution in [0.3, 0.4) is 0 Å². The smallest absolute Gasteiger partial charge is 0.234 e. The topological polar surface area (TPSA) is 54.5 Å². The van der Waals surface area contributed by atoms with Gasteiger partial charge in [0.2, 0.25) is 5.91 Å². The Morgan fingerprint density at radius 2 is 1.87 bits per heavy atom. The number of aryl methyl sites for hydroxylation is 3. The lowest BCUT2D eigenvalue weighted by Gasteiger charge is -2.26. The third kappa shape index (κ3) is 7.15. The van der Waals surface area contributed by atoms with Crippen LogP contribution in [-0.2, 0) is 9.53 Å². The lowest BCUT2D eigenvalue weighted by atomic mass is 10.2. The molecule has 2 aromatic rings. The number of benzene rings is 1. The fourth-order valence-electron chi connectivity index (χ4n) is 3.43. The normalized spacial score (nSPS) is 14.6. The molecule has 1 aliphatic heterocycles. The van der Waals surface area contributed by atoms with Crippen molar-refractivity contribution in [1.82, 2.24) is 9.88 Å². The van der Waals surface area contributed by atoms with Crippen LogP contribution in [0.4, 0.5) is 5.69 Å². The van der Waals surface area contributed by atoms with Gasteiger partial charge in [-0.25, -0.2) is 4.98 Å². The van der Waals surface area contributed by atoms with Crippen molar-refractivity contribution in [2.75, 3.05) is 55.9 Å². The quantitative estimate of drug-likeness (QED) is 0.516. The third-order valence-corrected chi connectivity index (χ3v) is 8.13. The molecule has 1 aromatic carbocycles. The molecule has 0 bridgehead atoms. The van der Waals surface area contributed by atoms with Crippen LogP contribution in [0.1, 0.15) is 16.8 Å². The number of thioether (sulfide) groups is 3. The van der Waals surface area contributed by atoms with Crippen molar-refractivity contribution in [1.29, 1.82) is 0 Å². The van der Waals surface area contributed by atoms with Crippen LogP contribution in [0.5, 0.6) is 0 Å². The van der Waals surface area contributed by atoms with Crippen LogP contribution in [-0.4, -0.2) is 66.4 Å². The van der Waals surface area contributed by atoms with Crippen molar-refractivity contribution < 1.29 is 9.53 Å². The number of carbonyl (C=O) groups excluding carboxylic acids is 1. The van der Waals surface area contributed by atoms with Gasteiger partial charge in [0.1, 0.15) is 5.03 Å². The molecule has 1 N–H and O–H groups in total. The Labute approximate surface area is 198 Å². The first-order valence-electron chi connectivity index (χ1n) is 10.5. The number of anilines is 1. The van der Waals surface area contributed by atoms with Gasteiger partial charge in [-0.15, -0.1) is 35.3 Å². The highest BCUT2D eigenvalue weighted by molar-refractivity contribution is 8.00. The number of aromatic nitrogens is 1. The maximum Gasteiger partial charge on any atom is 0.234 e. The van der Waals surface area contributed by atoms with E-state index >= 15 is 0 Å². The van der Waals surface area contributed by atoms with Crippen molar-refractivity contribution in [3.05, 3.63) is 41.1 Å². The molecule has 0 atom stereocenters. The summed E-state index contributed by atoms with van der Waals surface area (Å²) < 4.78 is 5.43. The molecule has 0 radical (unpaired) electrons. The molecule has 1 fully saturated rings. The number of nitrogens with zero attached hydrogens (tertiary/aromatic N) is 2. The average molecular weight is 478 g/mol. The molecule has 31 heavy (non-hydrogen) atoms. The van der Waals surface area contributed by atoms with Crippen molar-refractivity contribution in [3.63, 3.8) is 0 Å². The van der Waals surface area contributed by atoms with Gasteiger partial charge in [0, 0.05) is 40.9 Å². The number of amides is 1. The Morgan fingerprint density at radius 3 is 2.55 bits per heavy atom. The summed E-state index contributed by atoms with van der Waals surface area (Å²) >= 11 is 4.96. The Balaban J connectivity index is 1.66. The molecule has 1 amide bonds. The van der Waals surface area contributed by atoms with E-state index in [1.165, 1.54) is 16.0 Å². The summed E-state index contributed by atoms with van der Waals surface area (Å²) in [6.07, 6.45) is 2.04. The van der Waals surface area contributed by atoms with E-state index in [2.05, 4.69) is 42.3 Å². The van der Waals surface area contributed by atoms with E-state index in [1.807, 2.05) is 19.2 Å². The second-order valence-electron chi connectivity index (χ2n) is 7.51. The summed E-state index contributed by atoms with van der Waals surface area (Å²) in [5.41, 5.74) is 4.23. The lowest BCUT2D eigenvalue weighted by molar-refractivity contribution is -0.113. The fourth-order valence-corrected chi connectivity index (χ4v) is 6.13. The number of rotatable bonds is 9. The molecule has 0 unspecified atom stereocenters. The maximum atomic E-state index is 12.8. The predicted octanol–water partition coefficient (Wildman–Crippen LogP) is 4.88. The summed E-state index contributed by atoms with van der Waals surface area (Å²) in [5.74, 6) is 1.32. The van der Waals surface area contributed by atoms with E-state index < -0.39 is 0 Å². The van der Waals surface area contributed by atoms with E-state index in [1.54, 1.807) is 35.3 Å². The summed E-state index contributed by atoms with van der Waals surface area (Å²) in [7, 11) is 0. The minimum absolute atomic E-state index is 0.00337. The van der Waals surface area contributed by atoms with Crippen molar-refractivity contribution in [2.24, 2.45) is 0 Å². The Morgan fingerprint density at radius 1 is 1.16 bits per heavy atom. The minimum atomic E-state index is 0.00337. The largest absolute Gasteiger partial charge is 0.379 e. The highest BCUT2D eigenvalue weighted by Crippen LogP contribution is 2.35. The molecule has 1 saturated heterocycles. The zero-order valence-corrected chi connectivity index (χ0v) is 21.1. The molecular weight excluding hydrogens is 446 g/mol. The van der Waals surface area contributed by atoms with Crippen LogP contribution >= 0.6 is 35.3 Å². The van der Waals surface area contributed by atoms with Gasteiger partial charge in [-0.05, 0) is 44.2 Å². The molecule has 5 nitrogen and oxygen atoms in total. The number of pyridine rings is 1. The zero-order valence-electron chi connectivity index (χ0n) is 18.7. The second kappa shape index (κ2) is 12.2. The maximum absolute atomic E-state index is 12.8. The van der Waals surface area contributed by atoms with Crippen LogP contribution < -0.4 is 5.32 Å². The van der Waals surface area contributed by atoms with E-state index in [4.69, 9.17) is 9.72 Å². The summed E-state index contributed by atoms with van der Waals surface area (Å²) in [6.45, 7) is 10.8. The van der Waals surface area contributed by atoms with Gasteiger partial charge >= 0.3 is 0 Å². The lowest BCUT2D eigenvalue weighted by Crippen LogP contribution is -2.37.